The monoisotopic (exact) mass is 1760 g/mol. The number of allylic oxidation sites excluding steroid dienone is 9. The highest BCUT2D eigenvalue weighted by atomic mass is 32.2. The number of ether oxygens (including phenoxy) is 2. The van der Waals surface area contributed by atoms with Gasteiger partial charge in [-0.15, -0.1) is 0 Å². The van der Waals surface area contributed by atoms with Crippen molar-refractivity contribution in [2.75, 3.05) is 80.1 Å². The first-order valence-corrected chi connectivity index (χ1v) is 47.3. The number of benzene rings is 5. The lowest BCUT2D eigenvalue weighted by Crippen LogP contribution is -2.34. The van der Waals surface area contributed by atoms with Gasteiger partial charge in [0.2, 0.25) is 17.1 Å². The lowest BCUT2D eigenvalue weighted by molar-refractivity contribution is -0.439. The third kappa shape index (κ3) is 25.9. The van der Waals surface area contributed by atoms with E-state index in [0.717, 1.165) is 103 Å². The molecule has 0 radical (unpaired) electrons. The molecule has 12 rings (SSSR count). The van der Waals surface area contributed by atoms with Crippen molar-refractivity contribution in [1.29, 1.82) is 5.26 Å². The average molecular weight is 1760 g/mol. The third-order valence-electron chi connectivity index (χ3n) is 22.2. The SMILES string of the molecule is C.CC#N.CC1=[N+](CCCCS(=O)(=O)[O-])c2ccccc2C1(C)C.CN(C(=O)OC(C)(C)C)C1=C(/C=C/C2=[N+](CCCCS(=O)(=O)[O-])c3ccccc3C2(C)C)CC/C1=C\C=C1\N(CCCCS(C)(=O)=O)c2ccccc2C1(C)C.CN(C(=O)OC(C)(C)C)C1=C(C=[N+]2CCc3ccccc32)CC/C1=C\N1CCc2ccccc21.O=S(=O)([O-])C(F)(F)F. The van der Waals surface area contributed by atoms with Gasteiger partial charge in [-0.05, 0) is 173 Å². The second-order valence-electron chi connectivity index (χ2n) is 34.6. The fourth-order valence-electron chi connectivity index (χ4n) is 16.2. The number of carbonyl (C=O) groups is 2. The molecule has 0 fully saturated rings. The summed E-state index contributed by atoms with van der Waals surface area (Å²) >= 11 is 0. The van der Waals surface area contributed by atoms with E-state index in [1.807, 2.05) is 78.9 Å². The van der Waals surface area contributed by atoms with Crippen LogP contribution in [0, 0.1) is 11.3 Å². The number of hydrogen-bond donors (Lipinski definition) is 0. The largest absolute Gasteiger partial charge is 0.748 e. The number of carbonyl (C=O) groups excluding carboxylic acids is 2. The normalized spacial score (nSPS) is 18.2. The number of likely N-dealkylation sites (N-methyl/N-ethyl adjacent to an activating group) is 2. The molecule has 5 aromatic carbocycles. The van der Waals surface area contributed by atoms with Crippen LogP contribution in [0.25, 0.3) is 0 Å². The molecule has 0 aromatic heterocycles. The first-order chi connectivity index (χ1) is 56.2. The highest BCUT2D eigenvalue weighted by Gasteiger charge is 2.46. The van der Waals surface area contributed by atoms with Gasteiger partial charge in [-0.25, -0.2) is 43.3 Å². The molecule has 664 valence electrons. The van der Waals surface area contributed by atoms with Crippen molar-refractivity contribution in [2.24, 2.45) is 0 Å². The highest BCUT2D eigenvalue weighted by Crippen LogP contribution is 2.49. The van der Waals surface area contributed by atoms with Crippen molar-refractivity contribution in [3.63, 3.8) is 0 Å². The van der Waals surface area contributed by atoms with Gasteiger partial charge in [-0.3, -0.25) is 9.80 Å². The van der Waals surface area contributed by atoms with Crippen LogP contribution in [0.2, 0.25) is 0 Å². The predicted octanol–water partition coefficient (Wildman–Crippen LogP) is 17.7. The number of alkyl halides is 3. The standard InChI is InChI=1S/C44H59N3O7S2.C29H34N3O2.C15H21NO3S.C2H3N.CHF3O3S.CH4/c1-42(2,3)54-41(48)45(8)40-32(24-26-38-43(4,5)34-18-10-12-20-36(34)46(38)28-14-16-30-55(9,49)50)22-23-33(40)25-27-39-44(6,7)35-19-11-13-21-37(35)47(39)29-15-17-31-56(51,52)53;1-29(2,3)34-28(33)30(4)27-23(19-31-17-15-21-9-5-7-11-25(21)31)13-14-24(27)20-32-18-16-22-10-6-8-12-26(22)32;1-12-15(2,3)13-8-4-5-9-14(13)16(12)10-6-7-11-20(17,18)19;1-2-3;2-1(3,4)8(5,6)7;/h10-13,18-21,24-27H,14-17,22-23,28-31H2,1-9H3;5-12,19-20H,13-18H2,1-4H3;4-5,8-9H,6-7,10-11H2,1-3H3;1H3;(H,5,6,7);1H4/q;+1;;;;/p-1. The summed E-state index contributed by atoms with van der Waals surface area (Å²) in [4.78, 5) is 34.7. The molecule has 0 bridgehead atoms. The molecule has 23 nitrogen and oxygen atoms in total. The average Bonchev–Trinajstić information content (AvgIpc) is 1.59. The fourth-order valence-corrected chi connectivity index (χ4v) is 18.0. The molecule has 2 amide bonds. The number of hydrogen-bond acceptors (Lipinski definition) is 18. The first kappa shape index (κ1) is 99.8. The van der Waals surface area contributed by atoms with E-state index >= 15 is 0 Å². The van der Waals surface area contributed by atoms with Crippen molar-refractivity contribution in [3.05, 3.63) is 219 Å². The Balaban J connectivity index is 0.000000260. The third-order valence-corrected chi connectivity index (χ3v) is 25.3. The molecular weight excluding hydrogens is 1640 g/mol. The molecule has 2 aliphatic carbocycles. The van der Waals surface area contributed by atoms with Crippen molar-refractivity contribution in [2.45, 2.75) is 214 Å². The number of nitrogens with zero attached hydrogens (tertiary/aromatic N) is 8. The number of halogens is 3. The van der Waals surface area contributed by atoms with E-state index in [9.17, 15) is 57.1 Å². The number of amides is 2. The molecule has 0 unspecified atom stereocenters. The van der Waals surface area contributed by atoms with Gasteiger partial charge in [0.25, 0.3) is 0 Å². The molecule has 0 spiro atoms. The molecule has 122 heavy (non-hydrogen) atoms. The number of rotatable bonds is 22. The van der Waals surface area contributed by atoms with Crippen LogP contribution in [-0.4, -0.2) is 188 Å². The Kier molecular flexibility index (Phi) is 33.1. The molecular formula is C92H121F3N8O15S4. The lowest BCUT2D eigenvalue weighted by atomic mass is 9.81. The van der Waals surface area contributed by atoms with E-state index in [1.54, 1.807) is 22.9 Å². The second kappa shape index (κ2) is 40.5. The number of sulfone groups is 1. The lowest BCUT2D eigenvalue weighted by Gasteiger charge is -2.28. The van der Waals surface area contributed by atoms with Crippen LogP contribution in [-0.2, 0) is 78.8 Å². The number of anilines is 2. The summed E-state index contributed by atoms with van der Waals surface area (Å²) in [5.74, 6) is -0.507. The summed E-state index contributed by atoms with van der Waals surface area (Å²) in [6, 6.07) is 43.8. The molecule has 7 aliphatic rings. The van der Waals surface area contributed by atoms with Gasteiger partial charge in [0.05, 0.1) is 48.5 Å². The Morgan fingerprint density at radius 2 is 1.01 bits per heavy atom. The Bertz CT molecular complexity index is 5520. The summed E-state index contributed by atoms with van der Waals surface area (Å²) in [5, 5.41) is 7.32. The molecule has 5 heterocycles. The van der Waals surface area contributed by atoms with Gasteiger partial charge in [0.1, 0.15) is 34.1 Å². The Labute approximate surface area is 721 Å². The Hall–Kier alpha value is -9.35. The Morgan fingerprint density at radius 1 is 0.557 bits per heavy atom. The van der Waals surface area contributed by atoms with Gasteiger partial charge in [-0.1, -0.05) is 124 Å². The second-order valence-corrected chi connectivity index (χ2v) is 41.3. The zero-order valence-corrected chi connectivity index (χ0v) is 75.9. The van der Waals surface area contributed by atoms with E-state index < -0.39 is 63.0 Å². The molecule has 0 atom stereocenters. The van der Waals surface area contributed by atoms with Crippen LogP contribution in [0.1, 0.15) is 196 Å². The Morgan fingerprint density at radius 3 is 1.54 bits per heavy atom. The highest BCUT2D eigenvalue weighted by molar-refractivity contribution is 7.90. The van der Waals surface area contributed by atoms with E-state index in [1.165, 1.54) is 69.4 Å². The molecule has 5 aromatic rings. The van der Waals surface area contributed by atoms with E-state index in [-0.39, 0.29) is 53.4 Å². The first-order valence-electron chi connectivity index (χ1n) is 40.7. The van der Waals surface area contributed by atoms with Crippen LogP contribution in [0.15, 0.2) is 191 Å². The summed E-state index contributed by atoms with van der Waals surface area (Å²) in [7, 11) is -13.9. The van der Waals surface area contributed by atoms with Gasteiger partial charge in [0, 0.05) is 159 Å². The number of nitriles is 1. The molecule has 0 saturated heterocycles. The van der Waals surface area contributed by atoms with Crippen LogP contribution in [0.4, 0.5) is 51.2 Å². The minimum Gasteiger partial charge on any atom is -0.748 e. The zero-order chi connectivity index (χ0) is 89.8. The zero-order valence-electron chi connectivity index (χ0n) is 72.6. The predicted molar refractivity (Wildman–Crippen MR) is 474 cm³/mol. The minimum atomic E-state index is -6.09. The smallest absolute Gasteiger partial charge is 0.485 e. The van der Waals surface area contributed by atoms with Crippen LogP contribution in [0.3, 0.4) is 0 Å². The maximum Gasteiger partial charge on any atom is 0.485 e. The summed E-state index contributed by atoms with van der Waals surface area (Å²) < 4.78 is 167. The van der Waals surface area contributed by atoms with E-state index in [0.29, 0.717) is 51.6 Å². The van der Waals surface area contributed by atoms with E-state index in [4.69, 9.17) is 27.7 Å². The number of para-hydroxylation sites is 5. The van der Waals surface area contributed by atoms with Crippen molar-refractivity contribution < 1.29 is 93.3 Å². The molecule has 30 heteroatoms. The maximum atomic E-state index is 13.7. The maximum absolute atomic E-state index is 13.7. The molecule has 0 N–H and O–H groups in total. The topological polar surface area (TPSA) is 304 Å². The minimum absolute atomic E-state index is 0. The number of unbranched alkanes of at least 4 members (excludes halogenated alkanes) is 3. The van der Waals surface area contributed by atoms with Gasteiger partial charge in [-0.2, -0.15) is 32.2 Å². The van der Waals surface area contributed by atoms with E-state index in [2.05, 4.69) is 200 Å². The van der Waals surface area contributed by atoms with Crippen LogP contribution < -0.4 is 9.80 Å². The van der Waals surface area contributed by atoms with Crippen LogP contribution in [0.5, 0.6) is 0 Å². The van der Waals surface area contributed by atoms with Gasteiger partial charge in [0.15, 0.2) is 34.3 Å². The van der Waals surface area contributed by atoms with Crippen molar-refractivity contribution >= 4 is 98.5 Å². The molecule has 5 aliphatic heterocycles. The summed E-state index contributed by atoms with van der Waals surface area (Å²) in [6.07, 6.45) is 22.1. The van der Waals surface area contributed by atoms with Crippen molar-refractivity contribution in [1.82, 2.24) is 9.80 Å². The van der Waals surface area contributed by atoms with Gasteiger partial charge < -0.3 is 32.9 Å². The summed E-state index contributed by atoms with van der Waals surface area (Å²) in [5.41, 5.74) is 14.3. The fraction of sp³-hybridized carbons (Fsp3) is 0.478. The van der Waals surface area contributed by atoms with Crippen LogP contribution >= 0.6 is 0 Å². The molecule has 0 saturated carbocycles. The summed E-state index contributed by atoms with van der Waals surface area (Å²) in [6.45, 7) is 31.9. The van der Waals surface area contributed by atoms with Crippen molar-refractivity contribution in [3.8, 4) is 6.07 Å². The van der Waals surface area contributed by atoms with Gasteiger partial charge >= 0.3 is 17.7 Å². The quantitative estimate of drug-likeness (QED) is 0.0269. The number of fused-ring (bicyclic) bond motifs is 5.